The fourth-order valence-corrected chi connectivity index (χ4v) is 3.57. The first-order valence-electron chi connectivity index (χ1n) is 12.5. The zero-order chi connectivity index (χ0) is 24.2. The molecule has 0 fully saturated rings. The van der Waals surface area contributed by atoms with Crippen LogP contribution in [0.15, 0.2) is 60.9 Å². The number of unbranched alkanes of at least 4 members (excludes halogenated alkanes) is 2. The van der Waals surface area contributed by atoms with E-state index in [9.17, 15) is 4.79 Å². The van der Waals surface area contributed by atoms with E-state index in [1.807, 2.05) is 60.9 Å². The second-order valence-electron chi connectivity index (χ2n) is 8.78. The molecule has 1 atom stereocenters. The third kappa shape index (κ3) is 7.98. The van der Waals surface area contributed by atoms with Crippen LogP contribution in [0.3, 0.4) is 0 Å². The van der Waals surface area contributed by atoms with E-state index in [2.05, 4.69) is 30.7 Å². The highest BCUT2D eigenvalue weighted by atomic mass is 16.5. The monoisotopic (exact) mass is 460 g/mol. The Bertz CT molecular complexity index is 999. The maximum atomic E-state index is 12.1. The van der Waals surface area contributed by atoms with Crippen molar-refractivity contribution in [3.63, 3.8) is 0 Å². The summed E-state index contributed by atoms with van der Waals surface area (Å²) in [6.07, 6.45) is 10.6. The molecule has 5 nitrogen and oxygen atoms in total. The van der Waals surface area contributed by atoms with Crippen molar-refractivity contribution < 1.29 is 14.3 Å². The zero-order valence-corrected chi connectivity index (χ0v) is 20.6. The number of aromatic nitrogens is 2. The van der Waals surface area contributed by atoms with Crippen LogP contribution in [0.4, 0.5) is 0 Å². The summed E-state index contributed by atoms with van der Waals surface area (Å²) in [4.78, 5) is 21.1. The van der Waals surface area contributed by atoms with Gasteiger partial charge in [0, 0.05) is 29.9 Å². The number of ether oxygens (including phenoxy) is 2. The van der Waals surface area contributed by atoms with Crippen molar-refractivity contribution in [2.75, 3.05) is 6.61 Å². The molecule has 1 aromatic heterocycles. The van der Waals surface area contributed by atoms with Gasteiger partial charge in [0.1, 0.15) is 11.5 Å². The lowest BCUT2D eigenvalue weighted by Crippen LogP contribution is -2.08. The quantitative estimate of drug-likeness (QED) is 0.150. The highest BCUT2D eigenvalue weighted by molar-refractivity contribution is 5.73. The summed E-state index contributed by atoms with van der Waals surface area (Å²) in [5.74, 6) is 2.57. The lowest BCUT2D eigenvalue weighted by Gasteiger charge is -2.09. The summed E-state index contributed by atoms with van der Waals surface area (Å²) >= 11 is 0. The normalized spacial score (nSPS) is 11.7. The Kier molecular flexibility index (Phi) is 10.1. The number of benzene rings is 2. The Morgan fingerprint density at radius 3 is 2.12 bits per heavy atom. The first kappa shape index (κ1) is 25.4. The summed E-state index contributed by atoms with van der Waals surface area (Å²) in [6.45, 7) is 7.31. The summed E-state index contributed by atoms with van der Waals surface area (Å²) in [5, 5.41) is 0. The second kappa shape index (κ2) is 13.5. The fraction of sp³-hybridized carbons (Fsp3) is 0.414. The molecule has 1 unspecified atom stereocenters. The van der Waals surface area contributed by atoms with Crippen LogP contribution in [0.2, 0.25) is 0 Å². The summed E-state index contributed by atoms with van der Waals surface area (Å²) in [5.41, 5.74) is 2.83. The zero-order valence-electron chi connectivity index (χ0n) is 20.6. The SMILES string of the molecule is CCCCCOc1ccc(-c2ncc(-c3ccc(OC(=O)CCCC(C)CC)cc3)cn2)cc1. The molecule has 5 heteroatoms. The minimum atomic E-state index is -0.180. The van der Waals surface area contributed by atoms with Crippen LogP contribution >= 0.6 is 0 Å². The van der Waals surface area contributed by atoms with Gasteiger partial charge in [-0.1, -0.05) is 58.6 Å². The van der Waals surface area contributed by atoms with Gasteiger partial charge in [0.25, 0.3) is 0 Å². The van der Waals surface area contributed by atoms with Crippen LogP contribution in [0.1, 0.15) is 65.7 Å². The van der Waals surface area contributed by atoms with Gasteiger partial charge in [0.2, 0.25) is 0 Å². The smallest absolute Gasteiger partial charge is 0.311 e. The molecule has 0 aliphatic carbocycles. The van der Waals surface area contributed by atoms with E-state index in [1.165, 1.54) is 12.8 Å². The first-order valence-corrected chi connectivity index (χ1v) is 12.5. The van der Waals surface area contributed by atoms with Gasteiger partial charge >= 0.3 is 5.97 Å². The van der Waals surface area contributed by atoms with Crippen molar-refractivity contribution in [2.24, 2.45) is 5.92 Å². The topological polar surface area (TPSA) is 61.3 Å². The highest BCUT2D eigenvalue weighted by Gasteiger charge is 2.08. The van der Waals surface area contributed by atoms with Gasteiger partial charge in [-0.3, -0.25) is 4.79 Å². The number of carbonyl (C=O) groups excluding carboxylic acids is 1. The number of nitrogens with zero attached hydrogens (tertiary/aromatic N) is 2. The van der Waals surface area contributed by atoms with E-state index < -0.39 is 0 Å². The van der Waals surface area contributed by atoms with Crippen LogP contribution in [0.25, 0.3) is 22.5 Å². The van der Waals surface area contributed by atoms with Gasteiger partial charge in [-0.15, -0.1) is 0 Å². The molecule has 1 heterocycles. The van der Waals surface area contributed by atoms with Crippen molar-refractivity contribution in [3.8, 4) is 34.0 Å². The average Bonchev–Trinajstić information content (AvgIpc) is 2.87. The summed E-state index contributed by atoms with van der Waals surface area (Å²) in [6, 6.07) is 15.4. The molecule has 0 saturated heterocycles. The van der Waals surface area contributed by atoms with Crippen LogP contribution in [-0.2, 0) is 4.79 Å². The van der Waals surface area contributed by atoms with E-state index in [0.717, 1.165) is 54.7 Å². The molecule has 0 N–H and O–H groups in total. The van der Waals surface area contributed by atoms with Crippen molar-refractivity contribution in [1.29, 1.82) is 0 Å². The van der Waals surface area contributed by atoms with Crippen molar-refractivity contribution in [1.82, 2.24) is 9.97 Å². The highest BCUT2D eigenvalue weighted by Crippen LogP contribution is 2.24. The maximum Gasteiger partial charge on any atom is 0.311 e. The molecule has 34 heavy (non-hydrogen) atoms. The molecule has 3 rings (SSSR count). The van der Waals surface area contributed by atoms with E-state index in [1.54, 1.807) is 0 Å². The fourth-order valence-electron chi connectivity index (χ4n) is 3.57. The molecule has 0 radical (unpaired) electrons. The van der Waals surface area contributed by atoms with Gasteiger partial charge < -0.3 is 9.47 Å². The molecule has 3 aromatic rings. The maximum absolute atomic E-state index is 12.1. The van der Waals surface area contributed by atoms with Crippen molar-refractivity contribution in [2.45, 2.75) is 65.7 Å². The number of carbonyl (C=O) groups is 1. The lowest BCUT2D eigenvalue weighted by atomic mass is 10.0. The number of esters is 1. The molecule has 180 valence electrons. The Hall–Kier alpha value is -3.21. The predicted molar refractivity (Wildman–Crippen MR) is 137 cm³/mol. The molecule has 0 spiro atoms. The van der Waals surface area contributed by atoms with E-state index in [0.29, 0.717) is 23.9 Å². The largest absolute Gasteiger partial charge is 0.494 e. The van der Waals surface area contributed by atoms with E-state index in [-0.39, 0.29) is 5.97 Å². The summed E-state index contributed by atoms with van der Waals surface area (Å²) < 4.78 is 11.2. The van der Waals surface area contributed by atoms with Crippen molar-refractivity contribution in [3.05, 3.63) is 60.9 Å². The Morgan fingerprint density at radius 1 is 0.824 bits per heavy atom. The molecule has 0 aliphatic rings. The van der Waals surface area contributed by atoms with Crippen molar-refractivity contribution >= 4 is 5.97 Å². The minimum Gasteiger partial charge on any atom is -0.494 e. The number of hydrogen-bond donors (Lipinski definition) is 0. The summed E-state index contributed by atoms with van der Waals surface area (Å²) in [7, 11) is 0. The van der Waals surface area contributed by atoms with Gasteiger partial charge in [0.15, 0.2) is 5.82 Å². The van der Waals surface area contributed by atoms with Crippen LogP contribution < -0.4 is 9.47 Å². The second-order valence-corrected chi connectivity index (χ2v) is 8.78. The standard InChI is InChI=1S/C29H36N2O3/c1-4-6-7-19-33-26-15-13-24(14-16-26)29-30-20-25(21-31-29)23-11-17-27(18-12-23)34-28(32)10-8-9-22(3)5-2/h11-18,20-22H,4-10,19H2,1-3H3. The molecular formula is C29H36N2O3. The van der Waals surface area contributed by atoms with Gasteiger partial charge in [-0.25, -0.2) is 9.97 Å². The lowest BCUT2D eigenvalue weighted by molar-refractivity contribution is -0.134. The van der Waals surface area contributed by atoms with E-state index >= 15 is 0 Å². The molecule has 0 bridgehead atoms. The number of rotatable bonds is 13. The molecular weight excluding hydrogens is 424 g/mol. The third-order valence-corrected chi connectivity index (χ3v) is 5.98. The molecule has 0 aliphatic heterocycles. The van der Waals surface area contributed by atoms with Crippen LogP contribution in [-0.4, -0.2) is 22.5 Å². The van der Waals surface area contributed by atoms with E-state index in [4.69, 9.17) is 9.47 Å². The Labute approximate surface area is 203 Å². The van der Waals surface area contributed by atoms with Gasteiger partial charge in [-0.2, -0.15) is 0 Å². The molecule has 2 aromatic carbocycles. The van der Waals surface area contributed by atoms with Gasteiger partial charge in [0.05, 0.1) is 6.61 Å². The van der Waals surface area contributed by atoms with Crippen LogP contribution in [0, 0.1) is 5.92 Å². The minimum absolute atomic E-state index is 0.180. The first-order chi connectivity index (χ1) is 16.6. The molecule has 0 amide bonds. The Morgan fingerprint density at radius 2 is 1.47 bits per heavy atom. The third-order valence-electron chi connectivity index (χ3n) is 5.98. The predicted octanol–water partition coefficient (Wildman–Crippen LogP) is 7.50. The Balaban J connectivity index is 1.53. The number of hydrogen-bond acceptors (Lipinski definition) is 5. The van der Waals surface area contributed by atoms with Crippen LogP contribution in [0.5, 0.6) is 11.5 Å². The van der Waals surface area contributed by atoms with Gasteiger partial charge in [-0.05, 0) is 60.7 Å². The molecule has 0 saturated carbocycles. The average molecular weight is 461 g/mol.